The van der Waals surface area contributed by atoms with Crippen LogP contribution in [-0.2, 0) is 9.47 Å². The lowest BCUT2D eigenvalue weighted by atomic mass is 10.0. The van der Waals surface area contributed by atoms with Crippen molar-refractivity contribution in [2.24, 2.45) is 5.92 Å². The van der Waals surface area contributed by atoms with E-state index in [1.54, 1.807) is 7.11 Å². The van der Waals surface area contributed by atoms with E-state index in [1.807, 2.05) is 0 Å². The largest absolute Gasteiger partial charge is 0.382 e. The van der Waals surface area contributed by atoms with Gasteiger partial charge in [0.15, 0.2) is 0 Å². The first-order valence-corrected chi connectivity index (χ1v) is 6.52. The first kappa shape index (κ1) is 16.8. The molecule has 0 bridgehead atoms. The second kappa shape index (κ2) is 11.0. The summed E-state index contributed by atoms with van der Waals surface area (Å²) in [7, 11) is 5.93. The van der Waals surface area contributed by atoms with Crippen LogP contribution in [0.4, 0.5) is 0 Å². The summed E-state index contributed by atoms with van der Waals surface area (Å²) < 4.78 is 10.3. The molecular formula is C13H30N2O2. The van der Waals surface area contributed by atoms with E-state index in [9.17, 15) is 0 Å². The first-order chi connectivity index (χ1) is 8.07. The number of likely N-dealkylation sites (N-methyl/N-ethyl adjacent to an activating group) is 1. The van der Waals surface area contributed by atoms with Crippen molar-refractivity contribution in [3.05, 3.63) is 0 Å². The van der Waals surface area contributed by atoms with Gasteiger partial charge in [0.05, 0.1) is 13.2 Å². The van der Waals surface area contributed by atoms with Gasteiger partial charge in [0.1, 0.15) is 0 Å². The van der Waals surface area contributed by atoms with E-state index in [0.717, 1.165) is 26.1 Å². The Morgan fingerprint density at radius 3 is 2.35 bits per heavy atom. The molecule has 1 atom stereocenters. The molecule has 0 heterocycles. The lowest BCUT2D eigenvalue weighted by Gasteiger charge is -2.25. The fraction of sp³-hybridized carbons (Fsp3) is 1.00. The van der Waals surface area contributed by atoms with Crippen molar-refractivity contribution in [2.75, 3.05) is 54.1 Å². The highest BCUT2D eigenvalue weighted by Gasteiger charge is 2.12. The SMILES string of the molecule is COCCOCCCNC(CN(C)C)C(C)C. The molecule has 0 spiro atoms. The predicted molar refractivity (Wildman–Crippen MR) is 72.5 cm³/mol. The molecule has 0 saturated heterocycles. The fourth-order valence-corrected chi connectivity index (χ4v) is 1.61. The summed E-state index contributed by atoms with van der Waals surface area (Å²) in [6.45, 7) is 8.81. The molecule has 1 N–H and O–H groups in total. The zero-order valence-corrected chi connectivity index (χ0v) is 12.2. The van der Waals surface area contributed by atoms with Crippen LogP contribution < -0.4 is 5.32 Å². The highest BCUT2D eigenvalue weighted by molar-refractivity contribution is 4.72. The lowest BCUT2D eigenvalue weighted by Crippen LogP contribution is -2.42. The zero-order chi connectivity index (χ0) is 13.1. The molecule has 0 rings (SSSR count). The fourth-order valence-electron chi connectivity index (χ4n) is 1.61. The van der Waals surface area contributed by atoms with Gasteiger partial charge in [-0.3, -0.25) is 0 Å². The molecule has 4 heteroatoms. The topological polar surface area (TPSA) is 33.7 Å². The summed E-state index contributed by atoms with van der Waals surface area (Å²) in [4.78, 5) is 2.23. The van der Waals surface area contributed by atoms with Crippen LogP contribution in [0, 0.1) is 5.92 Å². The zero-order valence-electron chi connectivity index (χ0n) is 12.2. The number of rotatable bonds is 11. The van der Waals surface area contributed by atoms with Gasteiger partial charge in [-0.1, -0.05) is 13.8 Å². The summed E-state index contributed by atoms with van der Waals surface area (Å²) in [5, 5.41) is 3.59. The summed E-state index contributed by atoms with van der Waals surface area (Å²) in [6, 6.07) is 0.559. The van der Waals surface area contributed by atoms with Gasteiger partial charge in [-0.25, -0.2) is 0 Å². The second-order valence-electron chi connectivity index (χ2n) is 5.03. The molecule has 0 aliphatic rings. The van der Waals surface area contributed by atoms with Crippen LogP contribution in [0.5, 0.6) is 0 Å². The van der Waals surface area contributed by atoms with Crippen LogP contribution in [0.2, 0.25) is 0 Å². The van der Waals surface area contributed by atoms with E-state index in [4.69, 9.17) is 9.47 Å². The monoisotopic (exact) mass is 246 g/mol. The van der Waals surface area contributed by atoms with Gasteiger partial charge in [-0.15, -0.1) is 0 Å². The summed E-state index contributed by atoms with van der Waals surface area (Å²) in [5.74, 6) is 0.659. The van der Waals surface area contributed by atoms with Crippen LogP contribution in [0.15, 0.2) is 0 Å². The Bertz CT molecular complexity index is 163. The van der Waals surface area contributed by atoms with Crippen LogP contribution in [-0.4, -0.2) is 65.1 Å². The number of hydrogen-bond acceptors (Lipinski definition) is 4. The molecule has 0 fully saturated rings. The maximum atomic E-state index is 5.42. The van der Waals surface area contributed by atoms with E-state index < -0.39 is 0 Å². The van der Waals surface area contributed by atoms with Gasteiger partial charge in [0, 0.05) is 26.3 Å². The van der Waals surface area contributed by atoms with Crippen molar-refractivity contribution in [3.8, 4) is 0 Å². The molecule has 0 amide bonds. The number of hydrogen-bond donors (Lipinski definition) is 1. The van der Waals surface area contributed by atoms with Gasteiger partial charge in [0.2, 0.25) is 0 Å². The Kier molecular flexibility index (Phi) is 10.9. The van der Waals surface area contributed by atoms with E-state index in [2.05, 4.69) is 38.2 Å². The van der Waals surface area contributed by atoms with Gasteiger partial charge in [0.25, 0.3) is 0 Å². The molecule has 0 radical (unpaired) electrons. The normalized spacial score (nSPS) is 13.6. The van der Waals surface area contributed by atoms with Crippen LogP contribution in [0.1, 0.15) is 20.3 Å². The Balaban J connectivity index is 3.48. The molecule has 4 nitrogen and oxygen atoms in total. The molecule has 0 aromatic carbocycles. The van der Waals surface area contributed by atoms with Crippen molar-refractivity contribution < 1.29 is 9.47 Å². The quantitative estimate of drug-likeness (QED) is 0.556. The van der Waals surface area contributed by atoms with Crippen LogP contribution in [0.3, 0.4) is 0 Å². The average Bonchev–Trinajstić information content (AvgIpc) is 2.25. The minimum absolute atomic E-state index is 0.559. The number of ether oxygens (including phenoxy) is 2. The van der Waals surface area contributed by atoms with Gasteiger partial charge in [-0.2, -0.15) is 0 Å². The number of nitrogens with one attached hydrogen (secondary N) is 1. The average molecular weight is 246 g/mol. The minimum Gasteiger partial charge on any atom is -0.382 e. The predicted octanol–water partition coefficient (Wildman–Crippen LogP) is 1.22. The molecular weight excluding hydrogens is 216 g/mol. The highest BCUT2D eigenvalue weighted by Crippen LogP contribution is 2.02. The Morgan fingerprint density at radius 2 is 1.82 bits per heavy atom. The van der Waals surface area contributed by atoms with Gasteiger partial charge < -0.3 is 19.7 Å². The Hall–Kier alpha value is -0.160. The van der Waals surface area contributed by atoms with E-state index in [-0.39, 0.29) is 0 Å². The second-order valence-corrected chi connectivity index (χ2v) is 5.03. The van der Waals surface area contributed by atoms with Crippen molar-refractivity contribution in [1.82, 2.24) is 10.2 Å². The Labute approximate surface area is 107 Å². The third kappa shape index (κ3) is 10.7. The molecule has 17 heavy (non-hydrogen) atoms. The van der Waals surface area contributed by atoms with E-state index in [1.165, 1.54) is 0 Å². The third-order valence-electron chi connectivity index (χ3n) is 2.67. The van der Waals surface area contributed by atoms with Crippen molar-refractivity contribution in [3.63, 3.8) is 0 Å². The van der Waals surface area contributed by atoms with E-state index in [0.29, 0.717) is 25.2 Å². The maximum Gasteiger partial charge on any atom is 0.0700 e. The van der Waals surface area contributed by atoms with Crippen molar-refractivity contribution in [1.29, 1.82) is 0 Å². The standard InChI is InChI=1S/C13H30N2O2/c1-12(2)13(11-15(3)4)14-7-6-8-17-10-9-16-5/h12-14H,6-11H2,1-5H3. The lowest BCUT2D eigenvalue weighted by molar-refractivity contribution is 0.0689. The van der Waals surface area contributed by atoms with Crippen molar-refractivity contribution in [2.45, 2.75) is 26.3 Å². The minimum atomic E-state index is 0.559. The molecule has 0 aliphatic heterocycles. The molecule has 104 valence electrons. The van der Waals surface area contributed by atoms with Crippen molar-refractivity contribution >= 4 is 0 Å². The van der Waals surface area contributed by atoms with Gasteiger partial charge in [-0.05, 0) is 33.0 Å². The number of nitrogens with zero attached hydrogens (tertiary/aromatic N) is 1. The molecule has 0 saturated carbocycles. The summed E-state index contributed by atoms with van der Waals surface area (Å²) in [5.41, 5.74) is 0. The number of methoxy groups -OCH3 is 1. The molecule has 0 aliphatic carbocycles. The summed E-state index contributed by atoms with van der Waals surface area (Å²) in [6.07, 6.45) is 1.06. The highest BCUT2D eigenvalue weighted by atomic mass is 16.5. The molecule has 0 aromatic heterocycles. The molecule has 0 aromatic rings. The third-order valence-corrected chi connectivity index (χ3v) is 2.67. The Morgan fingerprint density at radius 1 is 1.12 bits per heavy atom. The summed E-state index contributed by atoms with van der Waals surface area (Å²) >= 11 is 0. The van der Waals surface area contributed by atoms with Crippen LogP contribution >= 0.6 is 0 Å². The molecule has 1 unspecified atom stereocenters. The maximum absolute atomic E-state index is 5.42. The smallest absolute Gasteiger partial charge is 0.0700 e. The van der Waals surface area contributed by atoms with E-state index >= 15 is 0 Å². The van der Waals surface area contributed by atoms with Crippen LogP contribution in [0.25, 0.3) is 0 Å². The first-order valence-electron chi connectivity index (χ1n) is 6.52. The van der Waals surface area contributed by atoms with Gasteiger partial charge >= 0.3 is 0 Å².